The summed E-state index contributed by atoms with van der Waals surface area (Å²) in [5.74, 6) is 1.51. The molecule has 2 N–H and O–H groups in total. The largest absolute Gasteiger partial charge is 0.497 e. The van der Waals surface area contributed by atoms with Gasteiger partial charge in [0.15, 0.2) is 0 Å². The fourth-order valence-corrected chi connectivity index (χ4v) is 2.71. The van der Waals surface area contributed by atoms with Gasteiger partial charge < -0.3 is 20.3 Å². The SMILES string of the molecule is COc1ccc(NC(=O)NC2CCN(c3ncccn3)CC2)cc1. The maximum Gasteiger partial charge on any atom is 0.319 e. The van der Waals surface area contributed by atoms with Gasteiger partial charge in [-0.15, -0.1) is 0 Å². The van der Waals surface area contributed by atoms with Crippen LogP contribution in [0.5, 0.6) is 5.75 Å². The number of piperidine rings is 1. The lowest BCUT2D eigenvalue weighted by molar-refractivity contribution is 0.246. The normalized spacial score (nSPS) is 15.0. The van der Waals surface area contributed by atoms with Crippen molar-refractivity contribution < 1.29 is 9.53 Å². The van der Waals surface area contributed by atoms with Crippen LogP contribution in [-0.4, -0.2) is 42.2 Å². The second-order valence-corrected chi connectivity index (χ2v) is 5.64. The van der Waals surface area contributed by atoms with E-state index in [0.29, 0.717) is 0 Å². The van der Waals surface area contributed by atoms with E-state index in [-0.39, 0.29) is 12.1 Å². The number of methoxy groups -OCH3 is 1. The molecule has 7 nitrogen and oxygen atoms in total. The Morgan fingerprint density at radius 1 is 1.17 bits per heavy atom. The zero-order valence-corrected chi connectivity index (χ0v) is 13.6. The van der Waals surface area contributed by atoms with E-state index in [4.69, 9.17) is 4.74 Å². The summed E-state index contributed by atoms with van der Waals surface area (Å²) >= 11 is 0. The van der Waals surface area contributed by atoms with Crippen LogP contribution >= 0.6 is 0 Å². The zero-order chi connectivity index (χ0) is 16.8. The van der Waals surface area contributed by atoms with Crippen LogP contribution in [0, 0.1) is 0 Å². The maximum absolute atomic E-state index is 12.1. The number of hydrogen-bond donors (Lipinski definition) is 2. The number of carbonyl (C=O) groups is 1. The van der Waals surface area contributed by atoms with Gasteiger partial charge in [0.1, 0.15) is 5.75 Å². The minimum atomic E-state index is -0.186. The molecule has 1 fully saturated rings. The van der Waals surface area contributed by atoms with Gasteiger partial charge in [-0.3, -0.25) is 0 Å². The lowest BCUT2D eigenvalue weighted by Crippen LogP contribution is -2.46. The molecule has 0 spiro atoms. The molecule has 126 valence electrons. The zero-order valence-electron chi connectivity index (χ0n) is 13.6. The van der Waals surface area contributed by atoms with Gasteiger partial charge in [0.05, 0.1) is 7.11 Å². The predicted molar refractivity (Wildman–Crippen MR) is 92.4 cm³/mol. The molecule has 7 heteroatoms. The highest BCUT2D eigenvalue weighted by Crippen LogP contribution is 2.17. The molecule has 1 aliphatic rings. The van der Waals surface area contributed by atoms with Gasteiger partial charge in [0.25, 0.3) is 0 Å². The van der Waals surface area contributed by atoms with Gasteiger partial charge in [0, 0.05) is 37.2 Å². The fraction of sp³-hybridized carbons (Fsp3) is 0.353. The van der Waals surface area contributed by atoms with Crippen molar-refractivity contribution in [1.29, 1.82) is 0 Å². The van der Waals surface area contributed by atoms with E-state index in [0.717, 1.165) is 43.3 Å². The Kier molecular flexibility index (Phi) is 5.10. The van der Waals surface area contributed by atoms with Gasteiger partial charge in [-0.25, -0.2) is 14.8 Å². The number of amides is 2. The Morgan fingerprint density at radius 3 is 2.46 bits per heavy atom. The molecule has 3 rings (SSSR count). The van der Waals surface area contributed by atoms with Gasteiger partial charge in [-0.1, -0.05) is 0 Å². The van der Waals surface area contributed by atoms with E-state index < -0.39 is 0 Å². The second-order valence-electron chi connectivity index (χ2n) is 5.64. The van der Waals surface area contributed by atoms with Crippen LogP contribution in [0.3, 0.4) is 0 Å². The molecule has 1 aromatic carbocycles. The molecule has 0 aliphatic carbocycles. The Hall–Kier alpha value is -2.83. The van der Waals surface area contributed by atoms with E-state index >= 15 is 0 Å². The first-order valence-corrected chi connectivity index (χ1v) is 7.98. The van der Waals surface area contributed by atoms with Crippen LogP contribution in [-0.2, 0) is 0 Å². The van der Waals surface area contributed by atoms with E-state index in [1.54, 1.807) is 25.6 Å². The number of anilines is 2. The molecule has 0 atom stereocenters. The smallest absolute Gasteiger partial charge is 0.319 e. The number of benzene rings is 1. The number of hydrogen-bond acceptors (Lipinski definition) is 5. The molecule has 0 radical (unpaired) electrons. The topological polar surface area (TPSA) is 79.4 Å². The molecule has 1 aromatic heterocycles. The first-order valence-electron chi connectivity index (χ1n) is 7.98. The molecule has 1 aliphatic heterocycles. The minimum absolute atomic E-state index is 0.156. The summed E-state index contributed by atoms with van der Waals surface area (Å²) in [5, 5.41) is 5.86. The van der Waals surface area contributed by atoms with Crippen molar-refractivity contribution in [2.24, 2.45) is 0 Å². The maximum atomic E-state index is 12.1. The first-order chi connectivity index (χ1) is 11.7. The molecular weight excluding hydrogens is 306 g/mol. The number of nitrogens with one attached hydrogen (secondary N) is 2. The van der Waals surface area contributed by atoms with Gasteiger partial charge in [0.2, 0.25) is 5.95 Å². The highest BCUT2D eigenvalue weighted by atomic mass is 16.5. The van der Waals surface area contributed by atoms with Crippen molar-refractivity contribution in [3.05, 3.63) is 42.7 Å². The fourth-order valence-electron chi connectivity index (χ4n) is 2.71. The van der Waals surface area contributed by atoms with Crippen molar-refractivity contribution in [3.8, 4) is 5.75 Å². The molecule has 2 amide bonds. The third kappa shape index (κ3) is 4.13. The molecule has 2 aromatic rings. The molecule has 0 unspecified atom stereocenters. The molecule has 24 heavy (non-hydrogen) atoms. The Labute approximate surface area is 141 Å². The van der Waals surface area contributed by atoms with E-state index in [9.17, 15) is 4.79 Å². The van der Waals surface area contributed by atoms with Crippen LogP contribution in [0.2, 0.25) is 0 Å². The number of ether oxygens (including phenoxy) is 1. The average molecular weight is 327 g/mol. The predicted octanol–water partition coefficient (Wildman–Crippen LogP) is 2.28. The summed E-state index contributed by atoms with van der Waals surface area (Å²) in [5.41, 5.74) is 0.739. The number of aromatic nitrogens is 2. The Morgan fingerprint density at radius 2 is 1.83 bits per heavy atom. The van der Waals surface area contributed by atoms with E-state index in [1.807, 2.05) is 24.3 Å². The summed E-state index contributed by atoms with van der Waals surface area (Å²) in [4.78, 5) is 22.8. The molecule has 2 heterocycles. The van der Waals surface area contributed by atoms with Crippen LogP contribution in [0.4, 0.5) is 16.4 Å². The van der Waals surface area contributed by atoms with Gasteiger partial charge >= 0.3 is 6.03 Å². The van der Waals surface area contributed by atoms with Crippen molar-refractivity contribution in [3.63, 3.8) is 0 Å². The molecule has 1 saturated heterocycles. The third-order valence-corrected chi connectivity index (χ3v) is 4.01. The lowest BCUT2D eigenvalue weighted by atomic mass is 10.1. The minimum Gasteiger partial charge on any atom is -0.497 e. The molecule has 0 saturated carbocycles. The summed E-state index contributed by atoms with van der Waals surface area (Å²) < 4.78 is 5.10. The monoisotopic (exact) mass is 327 g/mol. The third-order valence-electron chi connectivity index (χ3n) is 4.01. The number of carbonyl (C=O) groups excluding carboxylic acids is 1. The number of urea groups is 1. The summed E-state index contributed by atoms with van der Waals surface area (Å²) in [6, 6.07) is 9.03. The van der Waals surface area contributed by atoms with Gasteiger partial charge in [-0.2, -0.15) is 0 Å². The Balaban J connectivity index is 1.46. The van der Waals surface area contributed by atoms with Crippen molar-refractivity contribution in [1.82, 2.24) is 15.3 Å². The van der Waals surface area contributed by atoms with Crippen LogP contribution < -0.4 is 20.3 Å². The van der Waals surface area contributed by atoms with Crippen molar-refractivity contribution in [2.45, 2.75) is 18.9 Å². The van der Waals surface area contributed by atoms with Gasteiger partial charge in [-0.05, 0) is 43.2 Å². The van der Waals surface area contributed by atoms with Crippen LogP contribution in [0.1, 0.15) is 12.8 Å². The summed E-state index contributed by atoms with van der Waals surface area (Å²) in [6.07, 6.45) is 5.23. The standard InChI is InChI=1S/C17H21N5O2/c1-24-15-5-3-13(4-6-15)20-17(23)21-14-7-11-22(12-8-14)16-18-9-2-10-19-16/h2-6,9-10,14H,7-8,11-12H2,1H3,(H2,20,21,23). The van der Waals surface area contributed by atoms with E-state index in [2.05, 4.69) is 25.5 Å². The number of rotatable bonds is 4. The van der Waals surface area contributed by atoms with Crippen LogP contribution in [0.15, 0.2) is 42.7 Å². The lowest BCUT2D eigenvalue weighted by Gasteiger charge is -2.32. The number of nitrogens with zero attached hydrogens (tertiary/aromatic N) is 3. The Bertz CT molecular complexity index is 654. The van der Waals surface area contributed by atoms with Crippen molar-refractivity contribution in [2.75, 3.05) is 30.4 Å². The van der Waals surface area contributed by atoms with Crippen LogP contribution in [0.25, 0.3) is 0 Å². The first kappa shape index (κ1) is 16.0. The second kappa shape index (κ2) is 7.63. The average Bonchev–Trinajstić information content (AvgIpc) is 2.64. The highest BCUT2D eigenvalue weighted by Gasteiger charge is 2.22. The highest BCUT2D eigenvalue weighted by molar-refractivity contribution is 5.89. The summed E-state index contributed by atoms with van der Waals surface area (Å²) in [6.45, 7) is 1.66. The van der Waals surface area contributed by atoms with Crippen molar-refractivity contribution >= 4 is 17.7 Å². The molecule has 0 bridgehead atoms. The summed E-state index contributed by atoms with van der Waals surface area (Å²) in [7, 11) is 1.61. The quantitative estimate of drug-likeness (QED) is 0.900. The molecular formula is C17H21N5O2. The van der Waals surface area contributed by atoms with E-state index in [1.165, 1.54) is 0 Å².